The van der Waals surface area contributed by atoms with E-state index in [0.29, 0.717) is 13.0 Å². The van der Waals surface area contributed by atoms with Crippen molar-refractivity contribution >= 4 is 5.97 Å². The van der Waals surface area contributed by atoms with Gasteiger partial charge in [0.05, 0.1) is 12.2 Å². The minimum absolute atomic E-state index is 0.220. The van der Waals surface area contributed by atoms with E-state index in [9.17, 15) is 4.79 Å². The van der Waals surface area contributed by atoms with E-state index in [-0.39, 0.29) is 6.42 Å². The fraction of sp³-hybridized carbons (Fsp3) is 0.438. The zero-order valence-corrected chi connectivity index (χ0v) is 12.3. The summed E-state index contributed by atoms with van der Waals surface area (Å²) < 4.78 is 1.83. The first-order valence-electron chi connectivity index (χ1n) is 7.36. The second-order valence-electron chi connectivity index (χ2n) is 5.18. The van der Waals surface area contributed by atoms with Gasteiger partial charge in [0.2, 0.25) is 0 Å². The van der Waals surface area contributed by atoms with Crippen LogP contribution in [0.4, 0.5) is 0 Å². The number of hydrogen-bond donors (Lipinski definition) is 1. The molecule has 112 valence electrons. The van der Waals surface area contributed by atoms with E-state index in [4.69, 9.17) is 5.11 Å². The number of carbonyl (C=O) groups is 1. The third-order valence-electron chi connectivity index (χ3n) is 3.44. The molecule has 5 nitrogen and oxygen atoms in total. The third kappa shape index (κ3) is 5.02. The van der Waals surface area contributed by atoms with Crippen LogP contribution >= 0.6 is 0 Å². The average molecular weight is 287 g/mol. The van der Waals surface area contributed by atoms with Crippen molar-refractivity contribution in [1.82, 2.24) is 15.0 Å². The van der Waals surface area contributed by atoms with Crippen LogP contribution in [0.3, 0.4) is 0 Å². The van der Waals surface area contributed by atoms with Gasteiger partial charge in [0.1, 0.15) is 0 Å². The highest BCUT2D eigenvalue weighted by Crippen LogP contribution is 2.08. The molecule has 2 aromatic rings. The van der Waals surface area contributed by atoms with Gasteiger partial charge in [0.15, 0.2) is 0 Å². The highest BCUT2D eigenvalue weighted by Gasteiger charge is 2.03. The Bertz CT molecular complexity index is 575. The summed E-state index contributed by atoms with van der Waals surface area (Å²) in [6.45, 7) is 2.86. The predicted octanol–water partition coefficient (Wildman–Crippen LogP) is 2.69. The number of aliphatic carboxylic acids is 1. The first-order chi connectivity index (χ1) is 10.2. The Balaban J connectivity index is 1.83. The van der Waals surface area contributed by atoms with Gasteiger partial charge in [-0.2, -0.15) is 0 Å². The highest BCUT2D eigenvalue weighted by molar-refractivity contribution is 5.66. The lowest BCUT2D eigenvalue weighted by atomic mass is 10.1. The number of rotatable bonds is 8. The summed E-state index contributed by atoms with van der Waals surface area (Å²) >= 11 is 0. The maximum atomic E-state index is 10.4. The number of carboxylic acid groups (broad SMARTS) is 1. The van der Waals surface area contributed by atoms with Gasteiger partial charge in [-0.05, 0) is 36.8 Å². The molecule has 0 aliphatic heterocycles. The first-order valence-corrected chi connectivity index (χ1v) is 7.36. The van der Waals surface area contributed by atoms with Gasteiger partial charge in [0, 0.05) is 12.6 Å². The normalized spacial score (nSPS) is 10.7. The maximum Gasteiger partial charge on any atom is 0.303 e. The zero-order chi connectivity index (χ0) is 15.1. The van der Waals surface area contributed by atoms with Gasteiger partial charge in [0.25, 0.3) is 0 Å². The Morgan fingerprint density at radius 1 is 1.19 bits per heavy atom. The van der Waals surface area contributed by atoms with Gasteiger partial charge in [-0.25, -0.2) is 4.68 Å². The van der Waals surface area contributed by atoms with E-state index >= 15 is 0 Å². The molecule has 1 heterocycles. The second-order valence-corrected chi connectivity index (χ2v) is 5.18. The molecular weight excluding hydrogens is 266 g/mol. The van der Waals surface area contributed by atoms with E-state index in [2.05, 4.69) is 41.5 Å². The Labute approximate surface area is 124 Å². The average Bonchev–Trinajstić information content (AvgIpc) is 2.92. The molecule has 21 heavy (non-hydrogen) atoms. The van der Waals surface area contributed by atoms with Crippen LogP contribution in [0, 0.1) is 0 Å². The molecule has 0 aliphatic carbocycles. The molecule has 0 saturated heterocycles. The first kappa shape index (κ1) is 15.2. The number of unbranched alkanes of at least 4 members (excludes halogenated alkanes) is 1. The number of carboxylic acids is 1. The van der Waals surface area contributed by atoms with E-state index in [0.717, 1.165) is 25.0 Å². The van der Waals surface area contributed by atoms with Gasteiger partial charge in [-0.3, -0.25) is 4.79 Å². The fourth-order valence-corrected chi connectivity index (χ4v) is 2.18. The van der Waals surface area contributed by atoms with Crippen LogP contribution < -0.4 is 0 Å². The van der Waals surface area contributed by atoms with E-state index in [1.807, 2.05) is 10.9 Å². The molecular formula is C16H21N3O2. The van der Waals surface area contributed by atoms with Crippen LogP contribution in [-0.2, 0) is 24.2 Å². The largest absolute Gasteiger partial charge is 0.481 e. The summed E-state index contributed by atoms with van der Waals surface area (Å²) in [6.07, 6.45) is 5.50. The summed E-state index contributed by atoms with van der Waals surface area (Å²) in [5.74, 6) is -0.741. The smallest absolute Gasteiger partial charge is 0.303 e. The van der Waals surface area contributed by atoms with Crippen molar-refractivity contribution in [3.8, 4) is 0 Å². The van der Waals surface area contributed by atoms with Crippen LogP contribution in [-0.4, -0.2) is 26.1 Å². The summed E-state index contributed by atoms with van der Waals surface area (Å²) in [4.78, 5) is 10.4. The summed E-state index contributed by atoms with van der Waals surface area (Å²) in [5.41, 5.74) is 3.46. The van der Waals surface area contributed by atoms with Gasteiger partial charge in [-0.1, -0.05) is 36.4 Å². The quantitative estimate of drug-likeness (QED) is 0.758. The van der Waals surface area contributed by atoms with Crippen LogP contribution in [0.2, 0.25) is 0 Å². The molecule has 1 N–H and O–H groups in total. The zero-order valence-electron chi connectivity index (χ0n) is 12.3. The van der Waals surface area contributed by atoms with E-state index < -0.39 is 5.97 Å². The second kappa shape index (κ2) is 7.57. The standard InChI is InChI=1S/C16H21N3O2/c1-2-13-7-9-14(10-8-13)11-19-12-15(17-18-19)5-3-4-6-16(20)21/h7-10,12H,2-6,11H2,1H3,(H,20,21). The van der Waals surface area contributed by atoms with Gasteiger partial charge < -0.3 is 5.11 Å². The van der Waals surface area contributed by atoms with Crippen molar-refractivity contribution in [2.75, 3.05) is 0 Å². The predicted molar refractivity (Wildman–Crippen MR) is 80.1 cm³/mol. The molecule has 5 heteroatoms. The Morgan fingerprint density at radius 2 is 1.90 bits per heavy atom. The van der Waals surface area contributed by atoms with Crippen molar-refractivity contribution in [2.24, 2.45) is 0 Å². The molecule has 0 radical (unpaired) electrons. The molecule has 1 aromatic carbocycles. The number of hydrogen-bond acceptors (Lipinski definition) is 3. The van der Waals surface area contributed by atoms with Gasteiger partial charge >= 0.3 is 5.97 Å². The lowest BCUT2D eigenvalue weighted by Gasteiger charge is -2.02. The number of aromatic nitrogens is 3. The van der Waals surface area contributed by atoms with Crippen LogP contribution in [0.5, 0.6) is 0 Å². The molecule has 0 saturated carbocycles. The molecule has 0 bridgehead atoms. The molecule has 0 aliphatic rings. The lowest BCUT2D eigenvalue weighted by molar-refractivity contribution is -0.137. The maximum absolute atomic E-state index is 10.4. The topological polar surface area (TPSA) is 68.0 Å². The van der Waals surface area contributed by atoms with E-state index in [1.165, 1.54) is 11.1 Å². The molecule has 0 unspecified atom stereocenters. The van der Waals surface area contributed by atoms with Crippen molar-refractivity contribution in [3.05, 3.63) is 47.3 Å². The molecule has 2 rings (SSSR count). The Hall–Kier alpha value is -2.17. The number of benzene rings is 1. The third-order valence-corrected chi connectivity index (χ3v) is 3.44. The van der Waals surface area contributed by atoms with Gasteiger partial charge in [-0.15, -0.1) is 5.10 Å². The minimum Gasteiger partial charge on any atom is -0.481 e. The summed E-state index contributed by atoms with van der Waals surface area (Å²) in [6, 6.07) is 8.51. The Kier molecular flexibility index (Phi) is 5.49. The van der Waals surface area contributed by atoms with E-state index in [1.54, 1.807) is 0 Å². The summed E-state index contributed by atoms with van der Waals surface area (Å²) in [5, 5.41) is 16.8. The van der Waals surface area contributed by atoms with Crippen molar-refractivity contribution in [3.63, 3.8) is 0 Å². The molecule has 0 amide bonds. The Morgan fingerprint density at radius 3 is 2.57 bits per heavy atom. The number of nitrogens with zero attached hydrogens (tertiary/aromatic N) is 3. The van der Waals surface area contributed by atoms with Crippen LogP contribution in [0.1, 0.15) is 43.0 Å². The SMILES string of the molecule is CCc1ccc(Cn2cc(CCCCC(=O)O)nn2)cc1. The molecule has 1 aromatic heterocycles. The van der Waals surface area contributed by atoms with Crippen molar-refractivity contribution < 1.29 is 9.90 Å². The van der Waals surface area contributed by atoms with Crippen molar-refractivity contribution in [1.29, 1.82) is 0 Å². The monoisotopic (exact) mass is 287 g/mol. The fourth-order valence-electron chi connectivity index (χ4n) is 2.18. The lowest BCUT2D eigenvalue weighted by Crippen LogP contribution is -2.00. The minimum atomic E-state index is -0.741. The van der Waals surface area contributed by atoms with Crippen molar-refractivity contribution in [2.45, 2.75) is 45.6 Å². The number of aryl methyl sites for hydroxylation is 2. The van der Waals surface area contributed by atoms with Crippen LogP contribution in [0.25, 0.3) is 0 Å². The molecule has 0 fully saturated rings. The highest BCUT2D eigenvalue weighted by atomic mass is 16.4. The molecule has 0 spiro atoms. The molecule has 0 atom stereocenters. The van der Waals surface area contributed by atoms with Crippen LogP contribution in [0.15, 0.2) is 30.5 Å². The summed E-state index contributed by atoms with van der Waals surface area (Å²) in [7, 11) is 0.